The summed E-state index contributed by atoms with van der Waals surface area (Å²) in [6, 6.07) is 0. The first-order chi connectivity index (χ1) is 11.4. The molecule has 0 unspecified atom stereocenters. The number of halogens is 1. The van der Waals surface area contributed by atoms with Gasteiger partial charge in [-0.15, -0.1) is 0 Å². The Labute approximate surface area is 169 Å². The van der Waals surface area contributed by atoms with E-state index in [9.17, 15) is 0 Å². The second-order valence-corrected chi connectivity index (χ2v) is 10.4. The molecule has 2 aliphatic heterocycles. The normalized spacial score (nSPS) is 24.0. The van der Waals surface area contributed by atoms with E-state index in [-0.39, 0.29) is 17.0 Å². The van der Waals surface area contributed by atoms with Crippen molar-refractivity contribution in [3.8, 4) is 0 Å². The molecule has 2 saturated heterocycles. The fraction of sp³-hybridized carbons (Fsp3) is 1.00. The molecular weight excluding hydrogens is 372 g/mol. The standard InChI is InChI=1S/C22H46N2.BrH/c1-23(2)17-13-21(14-18-23)11-9-7-5-6-8-10-12-22-15-19-24(3,4)20-16-22;/h21-22H,5-20H2,1-4H3;1H/q+2;/p-1. The Balaban J connectivity index is 0.00000312. The molecule has 2 rings (SSSR count). The van der Waals surface area contributed by atoms with Crippen LogP contribution >= 0.6 is 0 Å². The van der Waals surface area contributed by atoms with Crippen molar-refractivity contribution in [2.24, 2.45) is 11.8 Å². The van der Waals surface area contributed by atoms with Crippen molar-refractivity contribution in [2.75, 3.05) is 54.4 Å². The maximum Gasteiger partial charge on any atom is 0.0785 e. The van der Waals surface area contributed by atoms with Crippen molar-refractivity contribution in [2.45, 2.75) is 77.0 Å². The van der Waals surface area contributed by atoms with E-state index in [1.807, 2.05) is 0 Å². The molecule has 2 nitrogen and oxygen atoms in total. The highest BCUT2D eigenvalue weighted by Gasteiger charge is 2.26. The summed E-state index contributed by atoms with van der Waals surface area (Å²) in [4.78, 5) is 0. The molecule has 25 heavy (non-hydrogen) atoms. The Bertz CT molecular complexity index is 300. The second-order valence-electron chi connectivity index (χ2n) is 10.4. The number of likely N-dealkylation sites (tertiary alicyclic amines) is 2. The fourth-order valence-corrected chi connectivity index (χ4v) is 4.79. The van der Waals surface area contributed by atoms with Crippen LogP contribution in [0.1, 0.15) is 77.0 Å². The second kappa shape index (κ2) is 11.3. The quantitative estimate of drug-likeness (QED) is 0.397. The zero-order valence-electron chi connectivity index (χ0n) is 17.7. The van der Waals surface area contributed by atoms with Gasteiger partial charge in [0.1, 0.15) is 0 Å². The van der Waals surface area contributed by atoms with Crippen LogP contribution in [-0.2, 0) is 0 Å². The monoisotopic (exact) mass is 417 g/mol. The Morgan fingerprint density at radius 3 is 1.12 bits per heavy atom. The van der Waals surface area contributed by atoms with Gasteiger partial charge in [0.25, 0.3) is 0 Å². The highest BCUT2D eigenvalue weighted by Crippen LogP contribution is 2.27. The molecule has 0 radical (unpaired) electrons. The summed E-state index contributed by atoms with van der Waals surface area (Å²) in [6.07, 6.45) is 17.9. The minimum absolute atomic E-state index is 0. The summed E-state index contributed by atoms with van der Waals surface area (Å²) >= 11 is 0. The molecule has 0 aromatic rings. The largest absolute Gasteiger partial charge is 1.00 e. The van der Waals surface area contributed by atoms with Crippen LogP contribution in [0.15, 0.2) is 0 Å². The average molecular weight is 419 g/mol. The van der Waals surface area contributed by atoms with Crippen molar-refractivity contribution in [3.05, 3.63) is 0 Å². The number of nitrogens with zero attached hydrogens (tertiary/aromatic N) is 2. The summed E-state index contributed by atoms with van der Waals surface area (Å²) < 4.78 is 2.52. The third kappa shape index (κ3) is 9.77. The molecular formula is C22H46BrN2+. The lowest BCUT2D eigenvalue weighted by Gasteiger charge is -2.37. The van der Waals surface area contributed by atoms with Gasteiger partial charge in [-0.1, -0.05) is 51.4 Å². The van der Waals surface area contributed by atoms with Crippen LogP contribution < -0.4 is 17.0 Å². The molecule has 0 N–H and O–H groups in total. The summed E-state index contributed by atoms with van der Waals surface area (Å²) in [5.41, 5.74) is 0. The summed E-state index contributed by atoms with van der Waals surface area (Å²) in [7, 11) is 9.57. The zero-order chi connectivity index (χ0) is 17.5. The third-order valence-electron chi connectivity index (χ3n) is 7.05. The van der Waals surface area contributed by atoms with Gasteiger partial charge in [-0.05, 0) is 37.5 Å². The molecule has 0 aromatic carbocycles. The van der Waals surface area contributed by atoms with Crippen LogP contribution in [0.5, 0.6) is 0 Å². The number of quaternary nitrogens is 2. The molecule has 0 saturated carbocycles. The first-order valence-corrected chi connectivity index (χ1v) is 11.0. The highest BCUT2D eigenvalue weighted by molar-refractivity contribution is 4.65. The summed E-state index contributed by atoms with van der Waals surface area (Å²) in [6.45, 7) is 5.62. The molecule has 0 atom stereocenters. The van der Waals surface area contributed by atoms with Gasteiger partial charge in [0.05, 0.1) is 54.4 Å². The van der Waals surface area contributed by atoms with E-state index in [0.29, 0.717) is 0 Å². The maximum absolute atomic E-state index is 2.39. The maximum atomic E-state index is 2.39. The van der Waals surface area contributed by atoms with Crippen molar-refractivity contribution in [1.29, 1.82) is 0 Å². The Morgan fingerprint density at radius 1 is 0.520 bits per heavy atom. The molecule has 2 heterocycles. The van der Waals surface area contributed by atoms with Gasteiger partial charge in [0.2, 0.25) is 0 Å². The molecule has 2 aliphatic rings. The minimum Gasteiger partial charge on any atom is -1.00 e. The van der Waals surface area contributed by atoms with Gasteiger partial charge in [-0.3, -0.25) is 0 Å². The molecule has 0 bridgehead atoms. The van der Waals surface area contributed by atoms with Gasteiger partial charge < -0.3 is 25.9 Å². The molecule has 2 fully saturated rings. The highest BCUT2D eigenvalue weighted by atomic mass is 79.9. The Morgan fingerprint density at radius 2 is 0.800 bits per heavy atom. The van der Waals surface area contributed by atoms with E-state index in [0.717, 1.165) is 11.8 Å². The first kappa shape index (κ1) is 23.4. The molecule has 0 aromatic heterocycles. The van der Waals surface area contributed by atoms with E-state index < -0.39 is 0 Å². The number of rotatable bonds is 9. The molecule has 0 spiro atoms. The lowest BCUT2D eigenvalue weighted by atomic mass is 9.89. The fourth-order valence-electron chi connectivity index (χ4n) is 4.79. The first-order valence-electron chi connectivity index (χ1n) is 11.0. The Hall–Kier alpha value is 0.400. The average Bonchev–Trinajstić information content (AvgIpc) is 2.52. The lowest BCUT2D eigenvalue weighted by molar-refractivity contribution is -0.896. The minimum atomic E-state index is 0. The van der Waals surface area contributed by atoms with Crippen LogP contribution in [0.2, 0.25) is 0 Å². The van der Waals surface area contributed by atoms with Gasteiger partial charge >= 0.3 is 0 Å². The smallest absolute Gasteiger partial charge is 0.0785 e. The zero-order valence-corrected chi connectivity index (χ0v) is 19.3. The molecule has 150 valence electrons. The predicted molar refractivity (Wildman–Crippen MR) is 106 cm³/mol. The van der Waals surface area contributed by atoms with E-state index in [2.05, 4.69) is 28.2 Å². The van der Waals surface area contributed by atoms with E-state index in [1.54, 1.807) is 0 Å². The van der Waals surface area contributed by atoms with Crippen molar-refractivity contribution in [3.63, 3.8) is 0 Å². The number of hydrogen-bond donors (Lipinski definition) is 0. The van der Waals surface area contributed by atoms with E-state index in [4.69, 9.17) is 0 Å². The van der Waals surface area contributed by atoms with Crippen LogP contribution in [0.25, 0.3) is 0 Å². The Kier molecular flexibility index (Phi) is 10.6. The third-order valence-corrected chi connectivity index (χ3v) is 7.05. The van der Waals surface area contributed by atoms with E-state index >= 15 is 0 Å². The topological polar surface area (TPSA) is 0 Å². The van der Waals surface area contributed by atoms with Crippen LogP contribution in [0.4, 0.5) is 0 Å². The van der Waals surface area contributed by atoms with E-state index in [1.165, 1.54) is 112 Å². The van der Waals surface area contributed by atoms with Crippen LogP contribution in [0.3, 0.4) is 0 Å². The summed E-state index contributed by atoms with van der Waals surface area (Å²) in [5, 5.41) is 0. The molecule has 0 aliphatic carbocycles. The lowest BCUT2D eigenvalue weighted by Crippen LogP contribution is -3.00. The number of unbranched alkanes of at least 4 members (excludes halogenated alkanes) is 5. The summed E-state index contributed by atoms with van der Waals surface area (Å²) in [5.74, 6) is 2.09. The van der Waals surface area contributed by atoms with Crippen LogP contribution in [0, 0.1) is 11.8 Å². The van der Waals surface area contributed by atoms with Gasteiger partial charge in [0.15, 0.2) is 0 Å². The number of hydrogen-bond acceptors (Lipinski definition) is 0. The molecule has 0 amide bonds. The number of piperidine rings is 2. The molecule has 3 heteroatoms. The van der Waals surface area contributed by atoms with Gasteiger partial charge in [0, 0.05) is 0 Å². The predicted octanol–water partition coefficient (Wildman–Crippen LogP) is 2.08. The van der Waals surface area contributed by atoms with Crippen LogP contribution in [-0.4, -0.2) is 63.3 Å². The van der Waals surface area contributed by atoms with Crippen molar-refractivity contribution >= 4 is 0 Å². The van der Waals surface area contributed by atoms with Crippen molar-refractivity contribution in [1.82, 2.24) is 0 Å². The van der Waals surface area contributed by atoms with Gasteiger partial charge in [-0.2, -0.15) is 0 Å². The van der Waals surface area contributed by atoms with Gasteiger partial charge in [-0.25, -0.2) is 0 Å². The van der Waals surface area contributed by atoms with Crippen molar-refractivity contribution < 1.29 is 25.9 Å². The SMILES string of the molecule is C[N+]1(C)CCC(CCCCCCCCC2CC[N+](C)(C)CC2)CC1.[Br-].